The molecule has 0 unspecified atom stereocenters. The number of aliphatic imine (C=N–C) groups is 2. The molecule has 0 N–H and O–H groups in total. The van der Waals surface area contributed by atoms with Gasteiger partial charge in [-0.15, -0.1) is 45.3 Å². The van der Waals surface area contributed by atoms with Crippen LogP contribution in [-0.4, -0.2) is 11.4 Å². The highest BCUT2D eigenvalue weighted by atomic mass is 32.1. The van der Waals surface area contributed by atoms with E-state index in [-0.39, 0.29) is 16.8 Å². The van der Waals surface area contributed by atoms with Gasteiger partial charge in [0.1, 0.15) is 34.3 Å². The van der Waals surface area contributed by atoms with Gasteiger partial charge in [-0.25, -0.2) is 9.98 Å². The first kappa shape index (κ1) is 22.9. The fourth-order valence-corrected chi connectivity index (χ4v) is 8.57. The molecule has 166 valence electrons. The number of thiophene rings is 4. The molecule has 0 bridgehead atoms. The minimum Gasteiger partial charge on any atom is -0.216 e. The second kappa shape index (κ2) is 8.71. The number of rotatable bonds is 4. The fourth-order valence-electron chi connectivity index (χ4n) is 3.85. The number of nitriles is 4. The first-order valence-electron chi connectivity index (χ1n) is 10.1. The van der Waals surface area contributed by atoms with E-state index in [1.54, 1.807) is 47.0 Å². The molecular formula is C25H12N6S4. The number of fused-ring (bicyclic) bond motifs is 3. The van der Waals surface area contributed by atoms with Crippen molar-refractivity contribution in [1.29, 1.82) is 21.0 Å². The Morgan fingerprint density at radius 1 is 0.629 bits per heavy atom. The Kier molecular flexibility index (Phi) is 5.69. The molecule has 4 heterocycles. The summed E-state index contributed by atoms with van der Waals surface area (Å²) in [5, 5.41) is 37.1. The molecular weight excluding hydrogens is 513 g/mol. The Hall–Kier alpha value is -3.90. The molecule has 0 radical (unpaired) electrons. The van der Waals surface area contributed by atoms with E-state index in [0.29, 0.717) is 10.0 Å². The van der Waals surface area contributed by atoms with E-state index in [9.17, 15) is 0 Å². The molecule has 1 aliphatic carbocycles. The van der Waals surface area contributed by atoms with Crippen LogP contribution in [0.4, 0.5) is 10.0 Å². The average molecular weight is 525 g/mol. The van der Waals surface area contributed by atoms with E-state index in [2.05, 4.69) is 36.0 Å². The van der Waals surface area contributed by atoms with Crippen molar-refractivity contribution in [3.05, 3.63) is 47.5 Å². The largest absolute Gasteiger partial charge is 0.219 e. The van der Waals surface area contributed by atoms with Crippen LogP contribution in [0, 0.1) is 45.3 Å². The van der Waals surface area contributed by atoms with Crippen LogP contribution >= 0.6 is 45.3 Å². The zero-order valence-corrected chi connectivity index (χ0v) is 21.5. The van der Waals surface area contributed by atoms with Gasteiger partial charge in [-0.3, -0.25) is 0 Å². The normalized spacial score (nSPS) is 12.4. The summed E-state index contributed by atoms with van der Waals surface area (Å²) in [4.78, 5) is 15.1. The summed E-state index contributed by atoms with van der Waals surface area (Å²) in [6, 6.07) is 19.3. The second-order valence-electron chi connectivity index (χ2n) is 7.98. The van der Waals surface area contributed by atoms with Crippen molar-refractivity contribution >= 4 is 66.8 Å². The van der Waals surface area contributed by atoms with Crippen molar-refractivity contribution in [3.8, 4) is 53.5 Å². The molecule has 0 saturated carbocycles. The molecule has 35 heavy (non-hydrogen) atoms. The third-order valence-electron chi connectivity index (χ3n) is 5.55. The summed E-state index contributed by atoms with van der Waals surface area (Å²) in [6.07, 6.45) is 0. The van der Waals surface area contributed by atoms with Crippen LogP contribution in [0.2, 0.25) is 0 Å². The minimum atomic E-state index is -0.150. The topological polar surface area (TPSA) is 120 Å². The van der Waals surface area contributed by atoms with Gasteiger partial charge in [-0.2, -0.15) is 21.0 Å². The Bertz CT molecular complexity index is 1570. The van der Waals surface area contributed by atoms with Crippen molar-refractivity contribution in [3.63, 3.8) is 0 Å². The first-order chi connectivity index (χ1) is 16.9. The third-order valence-corrected chi connectivity index (χ3v) is 10.3. The van der Waals surface area contributed by atoms with Crippen molar-refractivity contribution < 1.29 is 0 Å². The Morgan fingerprint density at radius 2 is 1.03 bits per heavy atom. The van der Waals surface area contributed by atoms with Crippen molar-refractivity contribution in [2.75, 3.05) is 0 Å². The van der Waals surface area contributed by atoms with E-state index in [1.165, 1.54) is 43.6 Å². The van der Waals surface area contributed by atoms with Crippen LogP contribution < -0.4 is 0 Å². The van der Waals surface area contributed by atoms with Crippen molar-refractivity contribution in [2.45, 2.75) is 19.3 Å². The van der Waals surface area contributed by atoms with E-state index in [0.717, 1.165) is 19.5 Å². The second-order valence-corrected chi connectivity index (χ2v) is 12.2. The number of nitrogens with zero attached hydrogens (tertiary/aromatic N) is 6. The van der Waals surface area contributed by atoms with Gasteiger partial charge < -0.3 is 0 Å². The lowest BCUT2D eigenvalue weighted by Crippen LogP contribution is -2.13. The maximum Gasteiger partial charge on any atom is 0.219 e. The average Bonchev–Trinajstić information content (AvgIpc) is 3.66. The van der Waals surface area contributed by atoms with E-state index in [1.807, 2.05) is 24.3 Å². The molecule has 0 aliphatic heterocycles. The van der Waals surface area contributed by atoms with Crippen LogP contribution in [0.15, 0.2) is 46.4 Å². The smallest absolute Gasteiger partial charge is 0.216 e. The van der Waals surface area contributed by atoms with Gasteiger partial charge >= 0.3 is 0 Å². The third kappa shape index (κ3) is 3.90. The van der Waals surface area contributed by atoms with E-state index in [4.69, 9.17) is 21.0 Å². The molecule has 6 nitrogen and oxygen atoms in total. The van der Waals surface area contributed by atoms with Crippen molar-refractivity contribution in [2.24, 2.45) is 9.98 Å². The van der Waals surface area contributed by atoms with Crippen LogP contribution in [0.3, 0.4) is 0 Å². The fraction of sp³-hybridized carbons (Fsp3) is 0.120. The molecule has 0 aromatic carbocycles. The van der Waals surface area contributed by atoms with Gasteiger partial charge in [0.2, 0.25) is 11.4 Å². The summed E-state index contributed by atoms with van der Waals surface area (Å²) in [5.74, 6) is 0. The molecule has 0 spiro atoms. The predicted molar refractivity (Wildman–Crippen MR) is 143 cm³/mol. The zero-order valence-electron chi connectivity index (χ0n) is 18.3. The van der Waals surface area contributed by atoms with Crippen LogP contribution in [0.1, 0.15) is 25.0 Å². The Morgan fingerprint density at radius 3 is 1.40 bits per heavy atom. The molecule has 0 atom stereocenters. The molecule has 4 aromatic rings. The summed E-state index contributed by atoms with van der Waals surface area (Å²) < 4.78 is 0. The van der Waals surface area contributed by atoms with Crippen LogP contribution in [-0.2, 0) is 5.41 Å². The summed E-state index contributed by atoms with van der Waals surface area (Å²) >= 11 is 6.42. The highest BCUT2D eigenvalue weighted by Gasteiger charge is 2.39. The molecule has 0 amide bonds. The van der Waals surface area contributed by atoms with Gasteiger partial charge in [0, 0.05) is 34.7 Å². The maximum absolute atomic E-state index is 8.96. The van der Waals surface area contributed by atoms with Gasteiger partial charge in [-0.05, 0) is 47.5 Å². The lowest BCUT2D eigenvalue weighted by atomic mass is 9.84. The van der Waals surface area contributed by atoms with Gasteiger partial charge in [-0.1, -0.05) is 13.8 Å². The molecule has 4 aromatic heterocycles. The summed E-state index contributed by atoms with van der Waals surface area (Å²) in [6.45, 7) is 4.47. The molecule has 10 heteroatoms. The van der Waals surface area contributed by atoms with Crippen LogP contribution in [0.5, 0.6) is 0 Å². The monoisotopic (exact) mass is 524 g/mol. The molecule has 0 saturated heterocycles. The number of hydrogen-bond acceptors (Lipinski definition) is 10. The first-order valence-corrected chi connectivity index (χ1v) is 13.4. The quantitative estimate of drug-likeness (QED) is 0.253. The SMILES string of the molecule is CC1(C)c2cc(-c3ccc(N=C(C#N)C#N)s3)sc2-c2sc(-c3ccc(N=C(C#N)C#N)s3)cc21. The highest BCUT2D eigenvalue weighted by Crippen LogP contribution is 2.59. The highest BCUT2D eigenvalue weighted by molar-refractivity contribution is 7.29. The van der Waals surface area contributed by atoms with E-state index >= 15 is 0 Å². The predicted octanol–water partition coefficient (Wildman–Crippen LogP) is 7.81. The Balaban J connectivity index is 1.51. The lowest BCUT2D eigenvalue weighted by Gasteiger charge is -2.19. The molecule has 0 fully saturated rings. The van der Waals surface area contributed by atoms with Crippen LogP contribution in [0.25, 0.3) is 29.3 Å². The number of hydrogen-bond donors (Lipinski definition) is 0. The van der Waals surface area contributed by atoms with E-state index < -0.39 is 0 Å². The zero-order chi connectivity index (χ0) is 24.7. The summed E-state index contributed by atoms with van der Waals surface area (Å²) in [5.41, 5.74) is 2.14. The van der Waals surface area contributed by atoms with Gasteiger partial charge in [0.25, 0.3) is 0 Å². The van der Waals surface area contributed by atoms with Gasteiger partial charge in [0.15, 0.2) is 0 Å². The molecule has 5 rings (SSSR count). The Labute approximate surface area is 217 Å². The molecule has 1 aliphatic rings. The van der Waals surface area contributed by atoms with Gasteiger partial charge in [0.05, 0.1) is 0 Å². The van der Waals surface area contributed by atoms with Crippen molar-refractivity contribution in [1.82, 2.24) is 0 Å². The maximum atomic E-state index is 8.96. The summed E-state index contributed by atoms with van der Waals surface area (Å²) in [7, 11) is 0. The lowest BCUT2D eigenvalue weighted by molar-refractivity contribution is 0.663. The standard InChI is InChI=1S/C25H12N6S4/c1-25(2)15-7-19(17-3-5-21(32-17)30-13(9-26)10-27)34-23(15)24-16(25)8-20(35-24)18-4-6-22(33-18)31-14(11-28)12-29/h3-8H,1-2H3. The minimum absolute atomic E-state index is 0.145.